The molecule has 158 valence electrons. The Morgan fingerprint density at radius 3 is 2.30 bits per heavy atom. The predicted molar refractivity (Wildman–Crippen MR) is 118 cm³/mol. The lowest BCUT2D eigenvalue weighted by atomic mass is 9.85. The van der Waals surface area contributed by atoms with E-state index in [-0.39, 0.29) is 10.3 Å². The van der Waals surface area contributed by atoms with Crippen LogP contribution in [0.5, 0.6) is 0 Å². The number of amides is 1. The summed E-state index contributed by atoms with van der Waals surface area (Å²) in [5, 5.41) is 12.0. The Morgan fingerprint density at radius 2 is 1.67 bits per heavy atom. The van der Waals surface area contributed by atoms with Gasteiger partial charge in [-0.2, -0.15) is 4.72 Å². The Labute approximate surface area is 180 Å². The number of aryl methyl sites for hydroxylation is 1. The van der Waals surface area contributed by atoms with Crippen molar-refractivity contribution in [3.8, 4) is 0 Å². The first-order valence-corrected chi connectivity index (χ1v) is 11.7. The van der Waals surface area contributed by atoms with E-state index in [1.54, 1.807) is 12.1 Å². The van der Waals surface area contributed by atoms with Crippen LogP contribution in [0.15, 0.2) is 59.5 Å². The van der Waals surface area contributed by atoms with E-state index < -0.39 is 22.0 Å². The molecule has 0 fully saturated rings. The SMILES string of the molecule is Cc1ccc(S(=O)(=O)N[C@@H](C)C(=O)Nc2nnc(C(C)(C)c3ccccc3)s2)cc1. The van der Waals surface area contributed by atoms with Crippen LogP contribution in [0.1, 0.15) is 36.9 Å². The van der Waals surface area contributed by atoms with E-state index in [0.717, 1.165) is 16.1 Å². The van der Waals surface area contributed by atoms with Crippen LogP contribution in [-0.2, 0) is 20.2 Å². The van der Waals surface area contributed by atoms with Crippen molar-refractivity contribution in [2.75, 3.05) is 5.32 Å². The van der Waals surface area contributed by atoms with E-state index in [1.807, 2.05) is 51.1 Å². The fourth-order valence-corrected chi connectivity index (χ4v) is 4.86. The zero-order valence-corrected chi connectivity index (χ0v) is 18.8. The third kappa shape index (κ3) is 4.92. The molecule has 0 bridgehead atoms. The molecule has 0 spiro atoms. The van der Waals surface area contributed by atoms with E-state index in [1.165, 1.54) is 30.4 Å². The van der Waals surface area contributed by atoms with Gasteiger partial charge >= 0.3 is 0 Å². The number of nitrogens with zero attached hydrogens (tertiary/aromatic N) is 2. The van der Waals surface area contributed by atoms with Gasteiger partial charge < -0.3 is 0 Å². The van der Waals surface area contributed by atoms with Crippen molar-refractivity contribution in [1.82, 2.24) is 14.9 Å². The number of aromatic nitrogens is 2. The van der Waals surface area contributed by atoms with Crippen LogP contribution in [0.4, 0.5) is 5.13 Å². The molecule has 0 aliphatic carbocycles. The lowest BCUT2D eigenvalue weighted by Gasteiger charge is -2.21. The highest BCUT2D eigenvalue weighted by atomic mass is 32.2. The Hall–Kier alpha value is -2.62. The van der Waals surface area contributed by atoms with E-state index >= 15 is 0 Å². The number of nitrogens with one attached hydrogen (secondary N) is 2. The standard InChI is InChI=1S/C21H24N4O3S2/c1-14-10-12-17(13-11-14)30(27,28)25-15(2)18(26)22-20-24-23-19(29-20)21(3,4)16-8-6-5-7-9-16/h5-13,15,25H,1-4H3,(H,22,24,26)/t15-/m0/s1. The van der Waals surface area contributed by atoms with Crippen molar-refractivity contribution in [2.24, 2.45) is 0 Å². The maximum absolute atomic E-state index is 12.5. The molecule has 9 heteroatoms. The van der Waals surface area contributed by atoms with Crippen molar-refractivity contribution in [3.05, 3.63) is 70.7 Å². The van der Waals surface area contributed by atoms with Gasteiger partial charge in [-0.3, -0.25) is 10.1 Å². The van der Waals surface area contributed by atoms with Gasteiger partial charge in [-0.05, 0) is 45.4 Å². The van der Waals surface area contributed by atoms with E-state index in [9.17, 15) is 13.2 Å². The summed E-state index contributed by atoms with van der Waals surface area (Å²) >= 11 is 1.26. The highest BCUT2D eigenvalue weighted by Gasteiger charge is 2.28. The quantitative estimate of drug-likeness (QED) is 0.581. The number of hydrogen-bond acceptors (Lipinski definition) is 6. The Bertz CT molecular complexity index is 1120. The second-order valence-electron chi connectivity index (χ2n) is 7.55. The van der Waals surface area contributed by atoms with Gasteiger partial charge in [-0.15, -0.1) is 10.2 Å². The van der Waals surface area contributed by atoms with Gasteiger partial charge in [-0.25, -0.2) is 8.42 Å². The molecule has 1 amide bonds. The molecule has 0 unspecified atom stereocenters. The van der Waals surface area contributed by atoms with Gasteiger partial charge in [0.1, 0.15) is 5.01 Å². The molecule has 2 aromatic carbocycles. The first-order valence-electron chi connectivity index (χ1n) is 9.39. The molecular weight excluding hydrogens is 420 g/mol. The van der Waals surface area contributed by atoms with E-state index in [0.29, 0.717) is 5.13 Å². The monoisotopic (exact) mass is 444 g/mol. The van der Waals surface area contributed by atoms with Crippen molar-refractivity contribution < 1.29 is 13.2 Å². The average molecular weight is 445 g/mol. The number of anilines is 1. The minimum atomic E-state index is -3.81. The van der Waals surface area contributed by atoms with Gasteiger partial charge in [0.2, 0.25) is 21.1 Å². The number of benzene rings is 2. The van der Waals surface area contributed by atoms with Gasteiger partial charge in [0.05, 0.1) is 10.9 Å². The zero-order valence-electron chi connectivity index (χ0n) is 17.2. The third-order valence-corrected chi connectivity index (χ3v) is 7.46. The first kappa shape index (κ1) is 22.1. The molecule has 2 N–H and O–H groups in total. The molecule has 7 nitrogen and oxygen atoms in total. The second kappa shape index (κ2) is 8.63. The van der Waals surface area contributed by atoms with Crippen molar-refractivity contribution >= 4 is 32.4 Å². The van der Waals surface area contributed by atoms with Crippen LogP contribution in [0, 0.1) is 6.92 Å². The summed E-state index contributed by atoms with van der Waals surface area (Å²) in [5.74, 6) is -0.508. The topological polar surface area (TPSA) is 101 Å². The van der Waals surface area contributed by atoms with Gasteiger partial charge in [-0.1, -0.05) is 59.4 Å². The smallest absolute Gasteiger partial charge is 0.244 e. The summed E-state index contributed by atoms with van der Waals surface area (Å²) in [7, 11) is -3.81. The van der Waals surface area contributed by atoms with Crippen molar-refractivity contribution in [2.45, 2.75) is 44.0 Å². The fraction of sp³-hybridized carbons (Fsp3) is 0.286. The summed E-state index contributed by atoms with van der Waals surface area (Å²) in [6.07, 6.45) is 0. The zero-order chi connectivity index (χ0) is 21.9. The number of carbonyl (C=O) groups is 1. The highest BCUT2D eigenvalue weighted by molar-refractivity contribution is 7.89. The number of hydrogen-bond donors (Lipinski definition) is 2. The van der Waals surface area contributed by atoms with Gasteiger partial charge in [0.25, 0.3) is 0 Å². The molecule has 0 saturated carbocycles. The number of carbonyl (C=O) groups excluding carboxylic acids is 1. The molecule has 0 aliphatic rings. The maximum Gasteiger partial charge on any atom is 0.244 e. The Kier molecular flexibility index (Phi) is 6.35. The fourth-order valence-electron chi connectivity index (χ4n) is 2.79. The molecule has 0 saturated heterocycles. The molecular formula is C21H24N4O3S2. The van der Waals surface area contributed by atoms with E-state index in [4.69, 9.17) is 0 Å². The molecule has 1 heterocycles. The van der Waals surface area contributed by atoms with Crippen LogP contribution in [0.2, 0.25) is 0 Å². The summed E-state index contributed by atoms with van der Waals surface area (Å²) in [6.45, 7) is 7.42. The molecule has 0 radical (unpaired) electrons. The summed E-state index contributed by atoms with van der Waals surface area (Å²) in [4.78, 5) is 12.6. The number of rotatable bonds is 7. The normalized spacial score (nSPS) is 13.1. The molecule has 0 aliphatic heterocycles. The molecule has 3 rings (SSSR count). The summed E-state index contributed by atoms with van der Waals surface area (Å²) < 4.78 is 27.4. The van der Waals surface area contributed by atoms with Gasteiger partial charge in [0, 0.05) is 5.41 Å². The minimum Gasteiger partial charge on any atom is -0.299 e. The lowest BCUT2D eigenvalue weighted by Crippen LogP contribution is -2.41. The van der Waals surface area contributed by atoms with Crippen LogP contribution >= 0.6 is 11.3 Å². The highest BCUT2D eigenvalue weighted by Crippen LogP contribution is 2.34. The van der Waals surface area contributed by atoms with Crippen LogP contribution < -0.4 is 10.0 Å². The molecule has 30 heavy (non-hydrogen) atoms. The van der Waals surface area contributed by atoms with Crippen LogP contribution in [-0.4, -0.2) is 30.6 Å². The van der Waals surface area contributed by atoms with E-state index in [2.05, 4.69) is 20.2 Å². The number of sulfonamides is 1. The minimum absolute atomic E-state index is 0.107. The van der Waals surface area contributed by atoms with Crippen molar-refractivity contribution in [3.63, 3.8) is 0 Å². The largest absolute Gasteiger partial charge is 0.299 e. The second-order valence-corrected chi connectivity index (χ2v) is 10.2. The van der Waals surface area contributed by atoms with Crippen LogP contribution in [0.3, 0.4) is 0 Å². The van der Waals surface area contributed by atoms with Crippen molar-refractivity contribution in [1.29, 1.82) is 0 Å². The Balaban J connectivity index is 1.68. The summed E-state index contributed by atoms with van der Waals surface area (Å²) in [6, 6.07) is 15.3. The lowest BCUT2D eigenvalue weighted by molar-refractivity contribution is -0.117. The first-order chi connectivity index (χ1) is 14.1. The predicted octanol–water partition coefficient (Wildman–Crippen LogP) is 3.48. The summed E-state index contributed by atoms with van der Waals surface area (Å²) in [5.41, 5.74) is 1.66. The Morgan fingerprint density at radius 1 is 1.03 bits per heavy atom. The molecule has 3 aromatic rings. The average Bonchev–Trinajstić information content (AvgIpc) is 3.18. The maximum atomic E-state index is 12.5. The third-order valence-electron chi connectivity index (χ3n) is 4.74. The molecule has 1 aromatic heterocycles. The molecule has 1 atom stereocenters. The van der Waals surface area contributed by atoms with Crippen LogP contribution in [0.25, 0.3) is 0 Å². The van der Waals surface area contributed by atoms with Gasteiger partial charge in [0.15, 0.2) is 0 Å².